The number of carbonyl (C=O) groups is 4. The number of esters is 1. The summed E-state index contributed by atoms with van der Waals surface area (Å²) < 4.78 is 4.95. The van der Waals surface area contributed by atoms with E-state index in [1.54, 1.807) is 26.0 Å². The van der Waals surface area contributed by atoms with Crippen molar-refractivity contribution in [2.45, 2.75) is 19.9 Å². The number of halogens is 1. The number of benzene rings is 2. The Bertz CT molecular complexity index is 1060. The van der Waals surface area contributed by atoms with Crippen molar-refractivity contribution in [2.75, 3.05) is 6.61 Å². The Kier molecular flexibility index (Phi) is 8.87. The fraction of sp³-hybridized carbons (Fsp3) is 0.238. The largest absolute Gasteiger partial charge is 0.454 e. The van der Waals surface area contributed by atoms with Gasteiger partial charge in [-0.15, -0.1) is 0 Å². The summed E-state index contributed by atoms with van der Waals surface area (Å²) in [7, 11) is 0. The molecule has 0 fully saturated rings. The normalized spacial score (nSPS) is 11.3. The topological polar surface area (TPSA) is 157 Å². The van der Waals surface area contributed by atoms with Gasteiger partial charge in [0, 0.05) is 17.7 Å². The van der Waals surface area contributed by atoms with Crippen molar-refractivity contribution < 1.29 is 28.8 Å². The van der Waals surface area contributed by atoms with Gasteiger partial charge in [0.15, 0.2) is 6.61 Å². The highest BCUT2D eigenvalue weighted by Crippen LogP contribution is 2.16. The van der Waals surface area contributed by atoms with E-state index in [2.05, 4.69) is 16.2 Å². The van der Waals surface area contributed by atoms with Crippen molar-refractivity contribution in [3.8, 4) is 0 Å². The number of hydrazine groups is 1. The molecular formula is C21H21ClN4O7. The maximum absolute atomic E-state index is 12.4. The summed E-state index contributed by atoms with van der Waals surface area (Å²) in [5.74, 6) is -3.33. The van der Waals surface area contributed by atoms with E-state index in [1.807, 2.05) is 0 Å². The molecule has 0 aliphatic heterocycles. The smallest absolute Gasteiger partial charge is 0.329 e. The maximum atomic E-state index is 12.4. The van der Waals surface area contributed by atoms with E-state index in [0.29, 0.717) is 0 Å². The first-order valence-electron chi connectivity index (χ1n) is 9.65. The predicted octanol–water partition coefficient (Wildman–Crippen LogP) is 2.01. The number of carbonyl (C=O) groups excluding carboxylic acids is 4. The van der Waals surface area contributed by atoms with Crippen LogP contribution in [-0.4, -0.2) is 41.3 Å². The molecule has 2 aromatic carbocycles. The third-order valence-electron chi connectivity index (χ3n) is 4.33. The zero-order valence-electron chi connectivity index (χ0n) is 17.7. The van der Waals surface area contributed by atoms with Crippen LogP contribution in [0, 0.1) is 16.0 Å². The highest BCUT2D eigenvalue weighted by Gasteiger charge is 2.27. The number of rotatable bonds is 8. The van der Waals surface area contributed by atoms with Crippen molar-refractivity contribution in [3.63, 3.8) is 0 Å². The molecule has 0 saturated heterocycles. The summed E-state index contributed by atoms with van der Waals surface area (Å²) in [4.78, 5) is 58.7. The van der Waals surface area contributed by atoms with Crippen LogP contribution < -0.4 is 16.2 Å². The molecule has 0 aromatic heterocycles. The highest BCUT2D eigenvalue weighted by molar-refractivity contribution is 6.33. The molecule has 0 aliphatic rings. The van der Waals surface area contributed by atoms with Crippen molar-refractivity contribution >= 4 is 41.0 Å². The zero-order chi connectivity index (χ0) is 24.5. The summed E-state index contributed by atoms with van der Waals surface area (Å²) in [5, 5.41) is 13.4. The summed E-state index contributed by atoms with van der Waals surface area (Å²) >= 11 is 6.00. The number of nitrogens with one attached hydrogen (secondary N) is 3. The first-order chi connectivity index (χ1) is 15.6. The van der Waals surface area contributed by atoms with Crippen LogP contribution in [0.5, 0.6) is 0 Å². The predicted molar refractivity (Wildman–Crippen MR) is 117 cm³/mol. The summed E-state index contributed by atoms with van der Waals surface area (Å²) in [6.45, 7) is 2.65. The van der Waals surface area contributed by atoms with E-state index < -0.39 is 41.3 Å². The molecular weight excluding hydrogens is 456 g/mol. The first-order valence-corrected chi connectivity index (χ1v) is 10.0. The molecule has 174 valence electrons. The van der Waals surface area contributed by atoms with Crippen LogP contribution in [0.25, 0.3) is 0 Å². The van der Waals surface area contributed by atoms with Gasteiger partial charge in [-0.05, 0) is 30.2 Å². The minimum Gasteiger partial charge on any atom is -0.454 e. The average molecular weight is 477 g/mol. The number of amides is 3. The van der Waals surface area contributed by atoms with Gasteiger partial charge in [0.25, 0.3) is 23.4 Å². The minimum atomic E-state index is -1.05. The van der Waals surface area contributed by atoms with Crippen LogP contribution >= 0.6 is 11.6 Å². The lowest BCUT2D eigenvalue weighted by atomic mass is 10.0. The summed E-state index contributed by atoms with van der Waals surface area (Å²) in [5.41, 5.74) is 4.22. The number of nitrogens with zero attached hydrogens (tertiary/aromatic N) is 1. The molecule has 0 bridgehead atoms. The molecule has 0 heterocycles. The van der Waals surface area contributed by atoms with Gasteiger partial charge in [-0.2, -0.15) is 0 Å². The maximum Gasteiger partial charge on any atom is 0.329 e. The second kappa shape index (κ2) is 11.6. The third kappa shape index (κ3) is 7.28. The Balaban J connectivity index is 1.86. The van der Waals surface area contributed by atoms with Gasteiger partial charge >= 0.3 is 5.97 Å². The Labute approximate surface area is 193 Å². The molecule has 0 radical (unpaired) electrons. The number of ether oxygens (including phenoxy) is 1. The Morgan fingerprint density at radius 2 is 1.64 bits per heavy atom. The molecule has 0 aliphatic carbocycles. The molecule has 3 N–H and O–H groups in total. The number of hydrogen-bond acceptors (Lipinski definition) is 7. The molecule has 2 rings (SSSR count). The van der Waals surface area contributed by atoms with E-state index in [9.17, 15) is 29.3 Å². The lowest BCUT2D eigenvalue weighted by Gasteiger charge is -2.21. The lowest BCUT2D eigenvalue weighted by molar-refractivity contribution is -0.384. The van der Waals surface area contributed by atoms with E-state index in [-0.39, 0.29) is 27.8 Å². The zero-order valence-corrected chi connectivity index (χ0v) is 18.4. The monoisotopic (exact) mass is 476 g/mol. The SMILES string of the molecule is CC(C)[C@@H](NC(=O)c1ccccc1Cl)C(=O)OCC(=O)NNC(=O)c1ccc([N+](=O)[O-])cc1. The second-order valence-electron chi connectivity index (χ2n) is 7.09. The molecule has 0 spiro atoms. The van der Waals surface area contributed by atoms with Crippen molar-refractivity contribution in [2.24, 2.45) is 5.92 Å². The summed E-state index contributed by atoms with van der Waals surface area (Å²) in [6, 6.07) is 9.99. The first kappa shape index (κ1) is 25.3. The van der Waals surface area contributed by atoms with Gasteiger partial charge in [-0.1, -0.05) is 37.6 Å². The number of hydrogen-bond donors (Lipinski definition) is 3. The molecule has 33 heavy (non-hydrogen) atoms. The second-order valence-corrected chi connectivity index (χ2v) is 7.50. The molecule has 0 saturated carbocycles. The Morgan fingerprint density at radius 3 is 2.21 bits per heavy atom. The van der Waals surface area contributed by atoms with E-state index in [1.165, 1.54) is 24.3 Å². The van der Waals surface area contributed by atoms with Gasteiger partial charge in [0.2, 0.25) is 0 Å². The fourth-order valence-electron chi connectivity index (χ4n) is 2.56. The number of non-ortho nitro benzene ring substituents is 1. The van der Waals surface area contributed by atoms with Crippen molar-refractivity contribution in [1.82, 2.24) is 16.2 Å². The van der Waals surface area contributed by atoms with Gasteiger partial charge in [0.1, 0.15) is 6.04 Å². The average Bonchev–Trinajstić information content (AvgIpc) is 2.79. The standard InChI is InChI=1S/C21H21ClN4O7/c1-12(2)18(23-20(29)15-5-3-4-6-16(15)22)21(30)33-11-17(27)24-25-19(28)13-7-9-14(10-8-13)26(31)32/h3-10,12,18H,11H2,1-2H3,(H,23,29)(H,24,27)(H,25,28)/t18-/m1/s1. The molecule has 1 atom stereocenters. The quantitative estimate of drug-likeness (QED) is 0.298. The molecule has 3 amide bonds. The van der Waals surface area contributed by atoms with Gasteiger partial charge in [-0.25, -0.2) is 4.79 Å². The lowest BCUT2D eigenvalue weighted by Crippen LogP contribution is -2.47. The number of nitro benzene ring substituents is 1. The Morgan fingerprint density at radius 1 is 1.00 bits per heavy atom. The van der Waals surface area contributed by atoms with Gasteiger partial charge < -0.3 is 10.1 Å². The van der Waals surface area contributed by atoms with E-state index in [0.717, 1.165) is 12.1 Å². The van der Waals surface area contributed by atoms with Crippen molar-refractivity contribution in [3.05, 3.63) is 74.8 Å². The van der Waals surface area contributed by atoms with Gasteiger partial charge in [0.05, 0.1) is 15.5 Å². The summed E-state index contributed by atoms with van der Waals surface area (Å²) in [6.07, 6.45) is 0. The van der Waals surface area contributed by atoms with Crippen LogP contribution in [0.1, 0.15) is 34.6 Å². The fourth-order valence-corrected chi connectivity index (χ4v) is 2.78. The Hall–Kier alpha value is -3.99. The van der Waals surface area contributed by atoms with Crippen LogP contribution in [0.2, 0.25) is 5.02 Å². The molecule has 0 unspecified atom stereocenters. The van der Waals surface area contributed by atoms with Crippen LogP contribution in [0.3, 0.4) is 0 Å². The van der Waals surface area contributed by atoms with Crippen molar-refractivity contribution in [1.29, 1.82) is 0 Å². The number of nitro groups is 1. The highest BCUT2D eigenvalue weighted by atomic mass is 35.5. The third-order valence-corrected chi connectivity index (χ3v) is 4.66. The van der Waals surface area contributed by atoms with Crippen LogP contribution in [-0.2, 0) is 14.3 Å². The minimum absolute atomic E-state index is 0.0695. The molecule has 2 aromatic rings. The van der Waals surface area contributed by atoms with E-state index >= 15 is 0 Å². The molecule has 12 heteroatoms. The van der Waals surface area contributed by atoms with Gasteiger partial charge in [-0.3, -0.25) is 35.3 Å². The molecule has 11 nitrogen and oxygen atoms in total. The van der Waals surface area contributed by atoms with Crippen LogP contribution in [0.15, 0.2) is 48.5 Å². The van der Waals surface area contributed by atoms with E-state index in [4.69, 9.17) is 16.3 Å². The van der Waals surface area contributed by atoms with Crippen LogP contribution in [0.4, 0.5) is 5.69 Å².